The molecule has 0 aliphatic heterocycles. The number of nitrogens with zero attached hydrogens (tertiary/aromatic N) is 1. The van der Waals surface area contributed by atoms with Gasteiger partial charge in [-0.05, 0) is 30.7 Å². The predicted molar refractivity (Wildman–Crippen MR) is 70.9 cm³/mol. The Bertz CT molecular complexity index is 415. The van der Waals surface area contributed by atoms with Crippen LogP contribution in [-0.2, 0) is 0 Å². The van der Waals surface area contributed by atoms with E-state index in [0.717, 1.165) is 12.8 Å². The Balaban J connectivity index is 2.84. The van der Waals surface area contributed by atoms with Crippen molar-refractivity contribution in [3.63, 3.8) is 0 Å². The van der Waals surface area contributed by atoms with E-state index >= 15 is 0 Å². The van der Waals surface area contributed by atoms with E-state index < -0.39 is 0 Å². The molecular weight excluding hydrogens is 230 g/mol. The highest BCUT2D eigenvalue weighted by molar-refractivity contribution is 6.04. The number of amides is 1. The van der Waals surface area contributed by atoms with Gasteiger partial charge in [-0.3, -0.25) is 15.1 Å². The van der Waals surface area contributed by atoms with E-state index in [2.05, 4.69) is 0 Å². The maximum absolute atomic E-state index is 12.2. The highest BCUT2D eigenvalue weighted by atomic mass is 16.5. The fourth-order valence-corrected chi connectivity index (χ4v) is 1.54. The Morgan fingerprint density at radius 1 is 1.39 bits per heavy atom. The largest absolute Gasteiger partial charge is 0.497 e. The Labute approximate surface area is 107 Å². The van der Waals surface area contributed by atoms with Gasteiger partial charge in [0, 0.05) is 12.1 Å². The van der Waals surface area contributed by atoms with Crippen LogP contribution in [0.5, 0.6) is 5.75 Å². The summed E-state index contributed by atoms with van der Waals surface area (Å²) >= 11 is 0. The van der Waals surface area contributed by atoms with E-state index in [0.29, 0.717) is 17.9 Å². The minimum Gasteiger partial charge on any atom is -0.497 e. The second-order valence-corrected chi connectivity index (χ2v) is 3.92. The summed E-state index contributed by atoms with van der Waals surface area (Å²) in [4.78, 5) is 13.4. The van der Waals surface area contributed by atoms with Crippen molar-refractivity contribution in [2.45, 2.75) is 19.8 Å². The molecule has 0 atom stereocenters. The molecule has 1 aromatic rings. The van der Waals surface area contributed by atoms with E-state index in [1.165, 1.54) is 4.90 Å². The number of nitrogens with two attached hydrogens (primary N) is 1. The summed E-state index contributed by atoms with van der Waals surface area (Å²) in [7, 11) is 1.57. The highest BCUT2D eigenvalue weighted by Gasteiger charge is 2.17. The van der Waals surface area contributed by atoms with Gasteiger partial charge in [0.25, 0.3) is 5.91 Å². The highest BCUT2D eigenvalue weighted by Crippen LogP contribution is 2.13. The molecule has 18 heavy (non-hydrogen) atoms. The van der Waals surface area contributed by atoms with Crippen LogP contribution in [0.4, 0.5) is 0 Å². The molecule has 3 N–H and O–H groups in total. The van der Waals surface area contributed by atoms with Crippen LogP contribution in [0.25, 0.3) is 0 Å². The number of ether oxygens (including phenoxy) is 1. The van der Waals surface area contributed by atoms with Crippen molar-refractivity contribution in [2.75, 3.05) is 13.7 Å². The molecule has 1 aromatic carbocycles. The maximum atomic E-state index is 12.2. The molecule has 0 unspecified atom stereocenters. The van der Waals surface area contributed by atoms with Gasteiger partial charge in [-0.25, -0.2) is 0 Å². The summed E-state index contributed by atoms with van der Waals surface area (Å²) in [6.07, 6.45) is 1.77. The molecule has 0 fully saturated rings. The monoisotopic (exact) mass is 249 g/mol. The molecule has 0 saturated carbocycles. The average Bonchev–Trinajstić information content (AvgIpc) is 2.38. The lowest BCUT2D eigenvalue weighted by atomic mass is 10.2. The fourth-order valence-electron chi connectivity index (χ4n) is 1.54. The molecule has 0 aliphatic carbocycles. The van der Waals surface area contributed by atoms with Crippen LogP contribution in [-0.4, -0.2) is 30.4 Å². The zero-order valence-electron chi connectivity index (χ0n) is 10.8. The standard InChI is InChI=1S/C13H19N3O2/c1-3-4-9-16(13(14)15)12(17)10-5-7-11(18-2)8-6-10/h5-8H,3-4,9H2,1-2H3,(H3,14,15). The van der Waals surface area contributed by atoms with Gasteiger partial charge in [-0.1, -0.05) is 13.3 Å². The predicted octanol–water partition coefficient (Wildman–Crippen LogP) is 1.83. The number of benzene rings is 1. The number of guanidine groups is 1. The van der Waals surface area contributed by atoms with Crippen LogP contribution >= 0.6 is 0 Å². The first-order chi connectivity index (χ1) is 8.60. The first kappa shape index (κ1) is 14.0. The number of hydrogen-bond acceptors (Lipinski definition) is 3. The summed E-state index contributed by atoms with van der Waals surface area (Å²) in [6, 6.07) is 6.77. The summed E-state index contributed by atoms with van der Waals surface area (Å²) in [6.45, 7) is 2.49. The Kier molecular flexibility index (Phi) is 5.17. The number of unbranched alkanes of at least 4 members (excludes halogenated alkanes) is 1. The fraction of sp³-hybridized carbons (Fsp3) is 0.385. The van der Waals surface area contributed by atoms with E-state index in [-0.39, 0.29) is 11.9 Å². The Hall–Kier alpha value is -2.04. The third kappa shape index (κ3) is 3.48. The lowest BCUT2D eigenvalue weighted by Crippen LogP contribution is -2.41. The van der Waals surface area contributed by atoms with Crippen LogP contribution < -0.4 is 10.5 Å². The van der Waals surface area contributed by atoms with E-state index in [1.807, 2.05) is 6.92 Å². The Morgan fingerprint density at radius 3 is 2.44 bits per heavy atom. The van der Waals surface area contributed by atoms with Crippen LogP contribution in [0.1, 0.15) is 30.1 Å². The molecule has 1 amide bonds. The van der Waals surface area contributed by atoms with Gasteiger partial charge >= 0.3 is 0 Å². The molecule has 0 bridgehead atoms. The quantitative estimate of drug-likeness (QED) is 0.617. The second-order valence-electron chi connectivity index (χ2n) is 3.92. The molecular formula is C13H19N3O2. The van der Waals surface area contributed by atoms with Crippen molar-refractivity contribution in [1.82, 2.24) is 4.90 Å². The van der Waals surface area contributed by atoms with Gasteiger partial charge in [0.1, 0.15) is 5.75 Å². The molecule has 0 aliphatic rings. The minimum absolute atomic E-state index is 0.218. The molecule has 0 aromatic heterocycles. The van der Waals surface area contributed by atoms with Crippen molar-refractivity contribution in [1.29, 1.82) is 5.41 Å². The van der Waals surface area contributed by atoms with Gasteiger partial charge in [0.05, 0.1) is 7.11 Å². The van der Waals surface area contributed by atoms with Crippen molar-refractivity contribution < 1.29 is 9.53 Å². The SMILES string of the molecule is CCCCN(C(=N)N)C(=O)c1ccc(OC)cc1. The number of hydrogen-bond donors (Lipinski definition) is 2. The molecule has 5 heteroatoms. The third-order valence-corrected chi connectivity index (χ3v) is 2.61. The average molecular weight is 249 g/mol. The van der Waals surface area contributed by atoms with Crippen molar-refractivity contribution in [3.05, 3.63) is 29.8 Å². The van der Waals surface area contributed by atoms with Gasteiger partial charge in [-0.15, -0.1) is 0 Å². The van der Waals surface area contributed by atoms with E-state index in [1.54, 1.807) is 31.4 Å². The summed E-state index contributed by atoms with van der Waals surface area (Å²) in [5.74, 6) is 0.220. The van der Waals surface area contributed by atoms with Crippen molar-refractivity contribution in [3.8, 4) is 5.75 Å². The maximum Gasteiger partial charge on any atom is 0.260 e. The van der Waals surface area contributed by atoms with Gasteiger partial charge < -0.3 is 10.5 Å². The number of carbonyl (C=O) groups excluding carboxylic acids is 1. The van der Waals surface area contributed by atoms with Crippen LogP contribution in [0.3, 0.4) is 0 Å². The van der Waals surface area contributed by atoms with E-state index in [4.69, 9.17) is 15.9 Å². The molecule has 0 radical (unpaired) electrons. The number of carbonyl (C=O) groups is 1. The molecule has 98 valence electrons. The minimum atomic E-state index is -0.251. The summed E-state index contributed by atoms with van der Waals surface area (Å²) in [5.41, 5.74) is 5.94. The first-order valence-electron chi connectivity index (χ1n) is 5.90. The topological polar surface area (TPSA) is 79.4 Å². The molecule has 5 nitrogen and oxygen atoms in total. The molecule has 0 heterocycles. The second kappa shape index (κ2) is 6.64. The first-order valence-corrected chi connectivity index (χ1v) is 5.90. The summed E-state index contributed by atoms with van der Waals surface area (Å²) < 4.78 is 5.03. The van der Waals surface area contributed by atoms with Gasteiger partial charge in [-0.2, -0.15) is 0 Å². The number of methoxy groups -OCH3 is 1. The third-order valence-electron chi connectivity index (χ3n) is 2.61. The zero-order valence-corrected chi connectivity index (χ0v) is 10.8. The van der Waals surface area contributed by atoms with E-state index in [9.17, 15) is 4.79 Å². The molecule has 0 spiro atoms. The Morgan fingerprint density at radius 2 is 2.00 bits per heavy atom. The summed E-state index contributed by atoms with van der Waals surface area (Å²) in [5, 5.41) is 7.45. The molecule has 1 rings (SSSR count). The van der Waals surface area contributed by atoms with Gasteiger partial charge in [0.15, 0.2) is 5.96 Å². The van der Waals surface area contributed by atoms with Crippen LogP contribution in [0.15, 0.2) is 24.3 Å². The lowest BCUT2D eigenvalue weighted by Gasteiger charge is -2.20. The van der Waals surface area contributed by atoms with Crippen LogP contribution in [0, 0.1) is 5.41 Å². The van der Waals surface area contributed by atoms with Crippen molar-refractivity contribution in [2.24, 2.45) is 5.73 Å². The molecule has 0 saturated heterocycles. The number of rotatable bonds is 5. The zero-order chi connectivity index (χ0) is 13.5. The number of nitrogens with one attached hydrogen (secondary N) is 1. The van der Waals surface area contributed by atoms with Crippen molar-refractivity contribution >= 4 is 11.9 Å². The smallest absolute Gasteiger partial charge is 0.260 e. The normalized spacial score (nSPS) is 9.89. The van der Waals surface area contributed by atoms with Crippen LogP contribution in [0.2, 0.25) is 0 Å². The lowest BCUT2D eigenvalue weighted by molar-refractivity contribution is 0.0843. The van der Waals surface area contributed by atoms with Gasteiger partial charge in [0.2, 0.25) is 0 Å².